The summed E-state index contributed by atoms with van der Waals surface area (Å²) in [4.78, 5) is 2.72. The molecule has 0 bridgehead atoms. The number of fused-ring (bicyclic) bond motifs is 1. The summed E-state index contributed by atoms with van der Waals surface area (Å²) in [6.45, 7) is 3.47. The van der Waals surface area contributed by atoms with Gasteiger partial charge in [-0.3, -0.25) is 10.2 Å². The van der Waals surface area contributed by atoms with Crippen molar-refractivity contribution >= 4 is 5.69 Å². The third-order valence-electron chi connectivity index (χ3n) is 5.74. The van der Waals surface area contributed by atoms with Crippen LogP contribution in [-0.4, -0.2) is 36.7 Å². The molecular formula is C19H29N3. The number of rotatable bonds is 3. The van der Waals surface area contributed by atoms with Gasteiger partial charge in [-0.1, -0.05) is 25.3 Å². The maximum absolute atomic E-state index is 3.73. The van der Waals surface area contributed by atoms with Gasteiger partial charge in [0, 0.05) is 31.4 Å². The van der Waals surface area contributed by atoms with Crippen LogP contribution in [0.2, 0.25) is 0 Å². The van der Waals surface area contributed by atoms with E-state index in [9.17, 15) is 0 Å². The van der Waals surface area contributed by atoms with Gasteiger partial charge >= 0.3 is 0 Å². The number of hydrogen-bond donors (Lipinski definition) is 2. The summed E-state index contributed by atoms with van der Waals surface area (Å²) in [5, 5.41) is 7.38. The van der Waals surface area contributed by atoms with Gasteiger partial charge in [0.05, 0.1) is 6.17 Å². The van der Waals surface area contributed by atoms with Crippen LogP contribution < -0.4 is 10.6 Å². The second-order valence-electron chi connectivity index (χ2n) is 7.27. The summed E-state index contributed by atoms with van der Waals surface area (Å²) in [6, 6.07) is 7.81. The molecule has 2 fully saturated rings. The van der Waals surface area contributed by atoms with E-state index in [4.69, 9.17) is 0 Å². The maximum atomic E-state index is 3.73. The van der Waals surface area contributed by atoms with Gasteiger partial charge in [-0.05, 0) is 55.4 Å². The fourth-order valence-electron chi connectivity index (χ4n) is 4.51. The van der Waals surface area contributed by atoms with Crippen molar-refractivity contribution in [2.24, 2.45) is 0 Å². The van der Waals surface area contributed by atoms with E-state index in [0.29, 0.717) is 6.17 Å². The molecule has 1 unspecified atom stereocenters. The van der Waals surface area contributed by atoms with Gasteiger partial charge in [0.25, 0.3) is 0 Å². The summed E-state index contributed by atoms with van der Waals surface area (Å²) in [7, 11) is 0. The molecule has 3 heteroatoms. The van der Waals surface area contributed by atoms with Crippen molar-refractivity contribution in [2.75, 3.05) is 25.0 Å². The lowest BCUT2D eigenvalue weighted by atomic mass is 9.93. The van der Waals surface area contributed by atoms with Crippen molar-refractivity contribution in [3.63, 3.8) is 0 Å². The zero-order valence-electron chi connectivity index (χ0n) is 13.6. The maximum Gasteiger partial charge on any atom is 0.0899 e. The van der Waals surface area contributed by atoms with Crippen LogP contribution in [-0.2, 0) is 12.8 Å². The molecule has 3 aliphatic rings. The van der Waals surface area contributed by atoms with E-state index in [0.717, 1.165) is 19.1 Å². The van der Waals surface area contributed by atoms with E-state index >= 15 is 0 Å². The monoisotopic (exact) mass is 299 g/mol. The number of anilines is 1. The minimum Gasteiger partial charge on any atom is -0.369 e. The molecule has 0 amide bonds. The minimum atomic E-state index is 0.398. The number of benzene rings is 1. The number of nitrogens with one attached hydrogen (secondary N) is 2. The SMILES string of the molecule is c1cc2c(cc1NC1CN(C3CCCCC3)CCN1)CCC2. The molecule has 0 radical (unpaired) electrons. The highest BCUT2D eigenvalue weighted by molar-refractivity contribution is 5.50. The highest BCUT2D eigenvalue weighted by atomic mass is 15.3. The van der Waals surface area contributed by atoms with Crippen LogP contribution in [0.25, 0.3) is 0 Å². The Bertz CT molecular complexity index is 507. The fraction of sp³-hybridized carbons (Fsp3) is 0.684. The van der Waals surface area contributed by atoms with Gasteiger partial charge in [-0.25, -0.2) is 0 Å². The van der Waals surface area contributed by atoms with Crippen molar-refractivity contribution in [3.05, 3.63) is 29.3 Å². The normalized spacial score (nSPS) is 26.8. The second kappa shape index (κ2) is 6.59. The van der Waals surface area contributed by atoms with E-state index < -0.39 is 0 Å². The van der Waals surface area contributed by atoms with Crippen molar-refractivity contribution in [2.45, 2.75) is 63.6 Å². The molecule has 4 rings (SSSR count). The lowest BCUT2D eigenvalue weighted by molar-refractivity contribution is 0.121. The molecule has 1 aromatic carbocycles. The Morgan fingerprint density at radius 3 is 2.77 bits per heavy atom. The van der Waals surface area contributed by atoms with Crippen LogP contribution in [0.15, 0.2) is 18.2 Å². The zero-order chi connectivity index (χ0) is 14.8. The highest BCUT2D eigenvalue weighted by Crippen LogP contribution is 2.26. The molecule has 0 spiro atoms. The molecule has 22 heavy (non-hydrogen) atoms. The van der Waals surface area contributed by atoms with Crippen molar-refractivity contribution in [1.29, 1.82) is 0 Å². The molecule has 3 nitrogen and oxygen atoms in total. The lowest BCUT2D eigenvalue weighted by Crippen LogP contribution is -2.57. The smallest absolute Gasteiger partial charge is 0.0899 e. The summed E-state index contributed by atoms with van der Waals surface area (Å²) < 4.78 is 0. The quantitative estimate of drug-likeness (QED) is 0.898. The van der Waals surface area contributed by atoms with Crippen LogP contribution >= 0.6 is 0 Å². The average Bonchev–Trinajstić information content (AvgIpc) is 3.04. The number of nitrogens with zero attached hydrogens (tertiary/aromatic N) is 1. The summed E-state index contributed by atoms with van der Waals surface area (Å²) >= 11 is 0. The Hall–Kier alpha value is -1.06. The van der Waals surface area contributed by atoms with Crippen LogP contribution in [0.3, 0.4) is 0 Å². The van der Waals surface area contributed by atoms with E-state index in [1.165, 1.54) is 63.6 Å². The largest absolute Gasteiger partial charge is 0.369 e. The molecule has 1 aromatic rings. The molecule has 1 saturated carbocycles. The molecule has 2 N–H and O–H groups in total. The first kappa shape index (κ1) is 14.5. The molecular weight excluding hydrogens is 270 g/mol. The minimum absolute atomic E-state index is 0.398. The third-order valence-corrected chi connectivity index (χ3v) is 5.74. The summed E-state index contributed by atoms with van der Waals surface area (Å²) in [6.07, 6.45) is 11.4. The first-order valence-electron chi connectivity index (χ1n) is 9.24. The zero-order valence-corrected chi connectivity index (χ0v) is 13.6. The highest BCUT2D eigenvalue weighted by Gasteiger charge is 2.26. The summed E-state index contributed by atoms with van der Waals surface area (Å²) in [5.41, 5.74) is 4.42. The number of hydrogen-bond acceptors (Lipinski definition) is 3. The van der Waals surface area contributed by atoms with Gasteiger partial charge in [-0.2, -0.15) is 0 Å². The Kier molecular flexibility index (Phi) is 4.35. The summed E-state index contributed by atoms with van der Waals surface area (Å²) in [5.74, 6) is 0. The Morgan fingerprint density at radius 2 is 1.86 bits per heavy atom. The molecule has 120 valence electrons. The standard InChI is InChI=1S/C19H29N3/c1-2-7-18(8-3-1)22-12-11-20-19(14-22)21-17-10-9-15-5-4-6-16(15)13-17/h9-10,13,18-21H,1-8,11-12,14H2. The van der Waals surface area contributed by atoms with E-state index in [2.05, 4.69) is 33.7 Å². The fourth-order valence-corrected chi connectivity index (χ4v) is 4.51. The van der Waals surface area contributed by atoms with E-state index in [1.54, 1.807) is 11.1 Å². The molecule has 1 heterocycles. The van der Waals surface area contributed by atoms with Crippen LogP contribution in [0.4, 0.5) is 5.69 Å². The first-order chi connectivity index (χ1) is 10.9. The Balaban J connectivity index is 1.38. The molecule has 1 saturated heterocycles. The molecule has 1 aliphatic heterocycles. The van der Waals surface area contributed by atoms with E-state index in [1.807, 2.05) is 0 Å². The Labute approximate surface area is 134 Å². The predicted molar refractivity (Wildman–Crippen MR) is 92.3 cm³/mol. The average molecular weight is 299 g/mol. The Morgan fingerprint density at radius 1 is 1.00 bits per heavy atom. The van der Waals surface area contributed by atoms with Crippen LogP contribution in [0.5, 0.6) is 0 Å². The van der Waals surface area contributed by atoms with Gasteiger partial charge in [0.2, 0.25) is 0 Å². The van der Waals surface area contributed by atoms with Gasteiger partial charge in [0.1, 0.15) is 0 Å². The van der Waals surface area contributed by atoms with Crippen molar-refractivity contribution in [1.82, 2.24) is 10.2 Å². The third kappa shape index (κ3) is 3.16. The van der Waals surface area contributed by atoms with Crippen molar-refractivity contribution in [3.8, 4) is 0 Å². The molecule has 0 aromatic heterocycles. The predicted octanol–water partition coefficient (Wildman–Crippen LogP) is 3.15. The topological polar surface area (TPSA) is 27.3 Å². The van der Waals surface area contributed by atoms with Gasteiger partial charge in [0.15, 0.2) is 0 Å². The number of aryl methyl sites for hydroxylation is 2. The van der Waals surface area contributed by atoms with Crippen LogP contribution in [0.1, 0.15) is 49.7 Å². The van der Waals surface area contributed by atoms with Crippen LogP contribution in [0, 0.1) is 0 Å². The van der Waals surface area contributed by atoms with Crippen molar-refractivity contribution < 1.29 is 0 Å². The molecule has 1 atom stereocenters. The van der Waals surface area contributed by atoms with E-state index in [-0.39, 0.29) is 0 Å². The first-order valence-corrected chi connectivity index (χ1v) is 9.24. The van der Waals surface area contributed by atoms with Gasteiger partial charge in [-0.15, -0.1) is 0 Å². The second-order valence-corrected chi connectivity index (χ2v) is 7.27. The lowest BCUT2D eigenvalue weighted by Gasteiger charge is -2.41. The number of piperazine rings is 1. The molecule has 2 aliphatic carbocycles. The van der Waals surface area contributed by atoms with Gasteiger partial charge < -0.3 is 5.32 Å².